The lowest BCUT2D eigenvalue weighted by Gasteiger charge is -2.40. The van der Waals surface area contributed by atoms with Crippen molar-refractivity contribution in [2.24, 2.45) is 11.6 Å². The molecule has 22 heavy (non-hydrogen) atoms. The molecule has 1 aromatic rings. The molecule has 0 saturated heterocycles. The zero-order valence-corrected chi connectivity index (χ0v) is 11.5. The van der Waals surface area contributed by atoms with E-state index >= 15 is 0 Å². The van der Waals surface area contributed by atoms with Gasteiger partial charge in [0.25, 0.3) is 0 Å². The van der Waals surface area contributed by atoms with Crippen LogP contribution in [0, 0.1) is 0 Å². The van der Waals surface area contributed by atoms with Crippen LogP contribution >= 0.6 is 10.2 Å². The number of hydrogen-bond donors (Lipinski definition) is 4. The highest BCUT2D eigenvalue weighted by Crippen LogP contribution is 3.02. The molecule has 0 saturated carbocycles. The molecule has 0 radical (unpaired) electrons. The van der Waals surface area contributed by atoms with Gasteiger partial charge in [0.2, 0.25) is 5.88 Å². The van der Waals surface area contributed by atoms with Crippen molar-refractivity contribution >= 4 is 16.2 Å². The van der Waals surface area contributed by atoms with E-state index in [1.807, 2.05) is 5.43 Å². The Morgan fingerprint density at radius 2 is 1.68 bits per heavy atom. The minimum absolute atomic E-state index is 0.0662. The van der Waals surface area contributed by atoms with Crippen LogP contribution in [0.5, 0.6) is 0 Å². The maximum absolute atomic E-state index is 12.5. The summed E-state index contributed by atoms with van der Waals surface area (Å²) in [4.78, 5) is 8.53. The molecular formula is C10H12F5N3O3S. The molecule has 0 atom stereocenters. The van der Waals surface area contributed by atoms with Crippen LogP contribution in [0.2, 0.25) is 0 Å². The fraction of sp³-hybridized carbons (Fsp3) is 0.100. The van der Waals surface area contributed by atoms with Crippen molar-refractivity contribution in [1.82, 2.24) is 5.43 Å². The summed E-state index contributed by atoms with van der Waals surface area (Å²) < 4.78 is 67.3. The standard InChI is InChI=1S/C10H12F5N3O3S/c11-22(12,13,14,15)7-3-1-6(2-4-7)5-21-9(18-17)8(16)10(19)20/h1-4,18H,5,16-17H2,(H,19,20)/b9-8+. The number of nitrogens with one attached hydrogen (secondary N) is 1. The molecule has 0 heterocycles. The molecule has 0 spiro atoms. The average Bonchev–Trinajstić information content (AvgIpc) is 2.37. The summed E-state index contributed by atoms with van der Waals surface area (Å²) in [6.07, 6.45) is 0. The first kappa shape index (κ1) is 17.8. The lowest BCUT2D eigenvalue weighted by Crippen LogP contribution is -2.29. The number of carboxylic acids is 1. The van der Waals surface area contributed by atoms with Gasteiger partial charge in [-0.05, 0) is 17.7 Å². The van der Waals surface area contributed by atoms with E-state index in [1.165, 1.54) is 0 Å². The van der Waals surface area contributed by atoms with Crippen molar-refractivity contribution in [1.29, 1.82) is 0 Å². The Morgan fingerprint density at radius 1 is 1.18 bits per heavy atom. The lowest BCUT2D eigenvalue weighted by molar-refractivity contribution is -0.133. The van der Waals surface area contributed by atoms with Gasteiger partial charge in [-0.15, -0.1) is 0 Å². The number of rotatable bonds is 6. The summed E-state index contributed by atoms with van der Waals surface area (Å²) in [6, 6.07) is 1.94. The average molecular weight is 349 g/mol. The quantitative estimate of drug-likeness (QED) is 0.207. The zero-order chi connectivity index (χ0) is 17.2. The number of benzene rings is 1. The third-order valence-electron chi connectivity index (χ3n) is 2.36. The maximum atomic E-state index is 12.5. The fourth-order valence-electron chi connectivity index (χ4n) is 1.29. The first-order valence-corrected chi connectivity index (χ1v) is 7.35. The molecule has 6 N–H and O–H groups in total. The number of hydrogen-bond acceptors (Lipinski definition) is 5. The molecule has 0 bridgehead atoms. The van der Waals surface area contributed by atoms with Crippen LogP contribution in [0.1, 0.15) is 5.56 Å². The number of halogens is 5. The summed E-state index contributed by atoms with van der Waals surface area (Å²) in [7, 11) is -9.73. The molecule has 1 rings (SSSR count). The SMILES string of the molecule is NN/C(OCc1ccc(S(F)(F)(F)(F)F)cc1)=C(\N)C(=O)O. The smallest absolute Gasteiger partial charge is 0.357 e. The van der Waals surface area contributed by atoms with Crippen molar-refractivity contribution in [3.05, 3.63) is 41.4 Å². The molecule has 0 fully saturated rings. The van der Waals surface area contributed by atoms with Crippen LogP contribution in [-0.2, 0) is 16.1 Å². The Balaban J connectivity index is 2.91. The fourth-order valence-corrected chi connectivity index (χ4v) is 1.94. The summed E-state index contributed by atoms with van der Waals surface area (Å²) in [5, 5.41) is 8.60. The second-order valence-corrected chi connectivity index (χ2v) is 6.50. The number of hydrazine groups is 1. The van der Waals surface area contributed by atoms with E-state index in [4.69, 9.17) is 21.4 Å². The zero-order valence-electron chi connectivity index (χ0n) is 10.7. The van der Waals surface area contributed by atoms with Crippen LogP contribution in [0.25, 0.3) is 0 Å². The molecule has 1 aromatic carbocycles. The van der Waals surface area contributed by atoms with Crippen LogP contribution in [-0.4, -0.2) is 11.1 Å². The van der Waals surface area contributed by atoms with Gasteiger partial charge in [0.15, 0.2) is 5.70 Å². The molecule has 6 nitrogen and oxygen atoms in total. The Hall–Kier alpha value is -2.21. The molecule has 0 aromatic heterocycles. The van der Waals surface area contributed by atoms with Crippen LogP contribution < -0.4 is 17.0 Å². The van der Waals surface area contributed by atoms with Gasteiger partial charge in [-0.3, -0.25) is 5.43 Å². The molecular weight excluding hydrogens is 337 g/mol. The highest BCUT2D eigenvalue weighted by atomic mass is 32.5. The lowest BCUT2D eigenvalue weighted by atomic mass is 10.2. The number of carboxylic acid groups (broad SMARTS) is 1. The highest BCUT2D eigenvalue weighted by molar-refractivity contribution is 8.45. The van der Waals surface area contributed by atoms with Gasteiger partial charge in [0.05, 0.1) is 0 Å². The van der Waals surface area contributed by atoms with Gasteiger partial charge in [0, 0.05) is 0 Å². The van der Waals surface area contributed by atoms with Gasteiger partial charge in [-0.25, -0.2) is 10.6 Å². The molecule has 0 amide bonds. The Labute approximate surface area is 121 Å². The summed E-state index contributed by atoms with van der Waals surface area (Å²) >= 11 is 0. The number of nitrogens with two attached hydrogens (primary N) is 2. The van der Waals surface area contributed by atoms with Crippen molar-refractivity contribution in [2.75, 3.05) is 0 Å². The van der Waals surface area contributed by atoms with Crippen molar-refractivity contribution in [3.63, 3.8) is 0 Å². The number of carbonyl (C=O) groups is 1. The molecule has 126 valence electrons. The largest absolute Gasteiger partial charge is 0.476 e. The van der Waals surface area contributed by atoms with E-state index in [0.29, 0.717) is 0 Å². The Morgan fingerprint density at radius 3 is 2.05 bits per heavy atom. The highest BCUT2D eigenvalue weighted by Gasteiger charge is 2.65. The Bertz CT molecular complexity index is 615. The normalized spacial score (nSPS) is 16.1. The van der Waals surface area contributed by atoms with Crippen molar-refractivity contribution in [2.45, 2.75) is 11.5 Å². The number of aliphatic carboxylic acids is 1. The van der Waals surface area contributed by atoms with E-state index < -0.39 is 39.3 Å². The topological polar surface area (TPSA) is 111 Å². The first-order chi connectivity index (χ1) is 9.74. The van der Waals surface area contributed by atoms with Crippen LogP contribution in [0.4, 0.5) is 19.4 Å². The second-order valence-electron chi connectivity index (χ2n) is 4.09. The molecule has 0 unspecified atom stereocenters. The first-order valence-electron chi connectivity index (χ1n) is 5.40. The van der Waals surface area contributed by atoms with Crippen LogP contribution in [0.3, 0.4) is 0 Å². The van der Waals surface area contributed by atoms with Gasteiger partial charge in [0.1, 0.15) is 11.5 Å². The summed E-state index contributed by atoms with van der Waals surface area (Å²) in [5.41, 5.74) is 6.29. The van der Waals surface area contributed by atoms with Gasteiger partial charge < -0.3 is 15.6 Å². The predicted molar refractivity (Wildman–Crippen MR) is 68.8 cm³/mol. The second kappa shape index (κ2) is 4.91. The monoisotopic (exact) mass is 349 g/mol. The van der Waals surface area contributed by atoms with Crippen LogP contribution in [0.15, 0.2) is 40.7 Å². The minimum Gasteiger partial charge on any atom is -0.476 e. The Kier molecular flexibility index (Phi) is 3.98. The number of ether oxygens (including phenoxy) is 1. The van der Waals surface area contributed by atoms with E-state index in [1.54, 1.807) is 0 Å². The summed E-state index contributed by atoms with van der Waals surface area (Å²) in [6.45, 7) is -0.436. The minimum atomic E-state index is -9.73. The van der Waals surface area contributed by atoms with E-state index in [0.717, 1.165) is 12.1 Å². The van der Waals surface area contributed by atoms with Gasteiger partial charge in [-0.2, -0.15) is 0 Å². The third-order valence-corrected chi connectivity index (χ3v) is 3.52. The van der Waals surface area contributed by atoms with Gasteiger partial charge in [-0.1, -0.05) is 31.6 Å². The third kappa shape index (κ3) is 4.66. The van der Waals surface area contributed by atoms with Crippen molar-refractivity contribution < 1.29 is 34.1 Å². The molecule has 0 aliphatic rings. The molecule has 12 heteroatoms. The van der Waals surface area contributed by atoms with E-state index in [-0.39, 0.29) is 17.7 Å². The summed E-state index contributed by atoms with van der Waals surface area (Å²) in [5.74, 6) is 2.91. The van der Waals surface area contributed by atoms with E-state index in [2.05, 4.69) is 0 Å². The maximum Gasteiger partial charge on any atom is 0.357 e. The van der Waals surface area contributed by atoms with E-state index in [9.17, 15) is 24.2 Å². The molecule has 0 aliphatic carbocycles. The van der Waals surface area contributed by atoms with Gasteiger partial charge >= 0.3 is 16.2 Å². The predicted octanol–water partition coefficient (Wildman–Crippen LogP) is 2.54. The molecule has 0 aliphatic heterocycles. The van der Waals surface area contributed by atoms with Crippen molar-refractivity contribution in [3.8, 4) is 0 Å².